The molecule has 0 amide bonds. The summed E-state index contributed by atoms with van der Waals surface area (Å²) in [5.74, 6) is 0.610. The van der Waals surface area contributed by atoms with Gasteiger partial charge in [-0.2, -0.15) is 10.5 Å². The molecule has 2 rings (SSSR count). The van der Waals surface area contributed by atoms with Crippen molar-refractivity contribution in [3.8, 4) is 23.6 Å². The van der Waals surface area contributed by atoms with Crippen molar-refractivity contribution in [2.24, 2.45) is 0 Å². The molecule has 0 atom stereocenters. The summed E-state index contributed by atoms with van der Waals surface area (Å²) in [6, 6.07) is 10.4. The minimum absolute atomic E-state index is 0.167. The summed E-state index contributed by atoms with van der Waals surface area (Å²) in [6.45, 7) is 0. The highest BCUT2D eigenvalue weighted by Crippen LogP contribution is 2.24. The van der Waals surface area contributed by atoms with Crippen molar-refractivity contribution in [3.05, 3.63) is 48.0 Å². The largest absolute Gasteiger partial charge is 0.451 e. The topological polar surface area (TPSA) is 82.6 Å². The maximum atomic E-state index is 8.85. The van der Waals surface area contributed by atoms with Gasteiger partial charge >= 0.3 is 0 Å². The Kier molecular flexibility index (Phi) is 2.95. The molecule has 0 aliphatic carbocycles. The molecule has 0 unspecified atom stereocenters. The van der Waals surface area contributed by atoms with Crippen LogP contribution in [0.15, 0.2) is 36.7 Å². The molecule has 0 fully saturated rings. The van der Waals surface area contributed by atoms with Gasteiger partial charge in [0.1, 0.15) is 12.1 Å². The lowest BCUT2D eigenvalue weighted by Gasteiger charge is -2.06. The molecule has 0 aliphatic heterocycles. The van der Waals surface area contributed by atoms with E-state index in [1.54, 1.807) is 24.3 Å². The number of aromatic nitrogens is 2. The van der Waals surface area contributed by atoms with Crippen LogP contribution < -0.4 is 4.74 Å². The van der Waals surface area contributed by atoms with E-state index in [1.165, 1.54) is 12.4 Å². The van der Waals surface area contributed by atoms with Crippen molar-refractivity contribution in [3.63, 3.8) is 0 Å². The summed E-state index contributed by atoms with van der Waals surface area (Å²) >= 11 is 0. The molecule has 2 aromatic rings. The van der Waals surface area contributed by atoms with Crippen LogP contribution >= 0.6 is 0 Å². The van der Waals surface area contributed by atoms with E-state index in [4.69, 9.17) is 15.3 Å². The van der Waals surface area contributed by atoms with Gasteiger partial charge in [0.05, 0.1) is 0 Å². The number of rotatable bonds is 2. The normalized spacial score (nSPS) is 9.06. The lowest BCUT2D eigenvalue weighted by atomic mass is 10.3. The minimum Gasteiger partial charge on any atom is -0.451 e. The summed E-state index contributed by atoms with van der Waals surface area (Å²) in [4.78, 5) is 7.72. The van der Waals surface area contributed by atoms with E-state index < -0.39 is 0 Å². The minimum atomic E-state index is 0.167. The molecule has 0 aliphatic rings. The standard InChI is InChI=1S/C12H6N4O/c13-7-9-11(3-1-5-15-9)17-12-4-2-6-16-10(12)8-14/h1-6H. The first kappa shape index (κ1) is 10.6. The van der Waals surface area contributed by atoms with Crippen LogP contribution in [0.3, 0.4) is 0 Å². The van der Waals surface area contributed by atoms with Gasteiger partial charge in [-0.25, -0.2) is 9.97 Å². The molecule has 0 N–H and O–H groups in total. The van der Waals surface area contributed by atoms with Gasteiger partial charge in [0, 0.05) is 12.4 Å². The summed E-state index contributed by atoms with van der Waals surface area (Å²) in [7, 11) is 0. The van der Waals surface area contributed by atoms with Gasteiger partial charge in [-0.3, -0.25) is 0 Å². The fourth-order valence-electron chi connectivity index (χ4n) is 1.23. The number of hydrogen-bond acceptors (Lipinski definition) is 5. The number of ether oxygens (including phenoxy) is 1. The van der Waals surface area contributed by atoms with Gasteiger partial charge in [-0.15, -0.1) is 0 Å². The Hall–Kier alpha value is -2.92. The molecule has 0 saturated heterocycles. The molecule has 0 radical (unpaired) electrons. The highest BCUT2D eigenvalue weighted by molar-refractivity contribution is 5.44. The molecular weight excluding hydrogens is 216 g/mol. The van der Waals surface area contributed by atoms with Gasteiger partial charge in [-0.1, -0.05) is 0 Å². The second kappa shape index (κ2) is 4.73. The van der Waals surface area contributed by atoms with Gasteiger partial charge in [0.2, 0.25) is 0 Å². The van der Waals surface area contributed by atoms with Crippen LogP contribution in [-0.4, -0.2) is 9.97 Å². The van der Waals surface area contributed by atoms with Crippen LogP contribution in [0.5, 0.6) is 11.5 Å². The van der Waals surface area contributed by atoms with Crippen LogP contribution in [0, 0.1) is 22.7 Å². The zero-order chi connectivity index (χ0) is 12.1. The van der Waals surface area contributed by atoms with Gasteiger partial charge in [0.15, 0.2) is 22.9 Å². The predicted octanol–water partition coefficient (Wildman–Crippen LogP) is 2.01. The van der Waals surface area contributed by atoms with Crippen LogP contribution in [0.2, 0.25) is 0 Å². The van der Waals surface area contributed by atoms with Crippen LogP contribution in [0.4, 0.5) is 0 Å². The summed E-state index contributed by atoms with van der Waals surface area (Å²) in [6.07, 6.45) is 3.00. The first-order valence-corrected chi connectivity index (χ1v) is 4.73. The van der Waals surface area contributed by atoms with Crippen molar-refractivity contribution < 1.29 is 4.74 Å². The Labute approximate surface area is 97.6 Å². The highest BCUT2D eigenvalue weighted by Gasteiger charge is 2.08. The average Bonchev–Trinajstić information content (AvgIpc) is 2.40. The van der Waals surface area contributed by atoms with Crippen molar-refractivity contribution >= 4 is 0 Å². The SMILES string of the molecule is N#Cc1ncccc1Oc1cccnc1C#N. The third kappa shape index (κ3) is 2.19. The Morgan fingerprint density at radius 3 is 1.76 bits per heavy atom. The summed E-state index contributed by atoms with van der Waals surface area (Å²) in [5.41, 5.74) is 0.334. The molecule has 5 nitrogen and oxygen atoms in total. The monoisotopic (exact) mass is 222 g/mol. The van der Waals surface area contributed by atoms with E-state index in [-0.39, 0.29) is 11.4 Å². The summed E-state index contributed by atoms with van der Waals surface area (Å²) < 4.78 is 5.45. The number of nitrogens with zero attached hydrogens (tertiary/aromatic N) is 4. The lowest BCUT2D eigenvalue weighted by molar-refractivity contribution is 0.474. The third-order valence-electron chi connectivity index (χ3n) is 1.97. The van der Waals surface area contributed by atoms with Gasteiger partial charge in [-0.05, 0) is 24.3 Å². The molecule has 17 heavy (non-hydrogen) atoms. The molecule has 5 heteroatoms. The fraction of sp³-hybridized carbons (Fsp3) is 0. The van der Waals surface area contributed by atoms with Crippen LogP contribution in [-0.2, 0) is 0 Å². The Morgan fingerprint density at radius 2 is 1.35 bits per heavy atom. The molecule has 80 valence electrons. The number of nitriles is 2. The Morgan fingerprint density at radius 1 is 0.882 bits per heavy atom. The third-order valence-corrected chi connectivity index (χ3v) is 1.97. The zero-order valence-electron chi connectivity index (χ0n) is 8.66. The number of hydrogen-bond donors (Lipinski definition) is 0. The van der Waals surface area contributed by atoms with E-state index >= 15 is 0 Å². The molecule has 2 aromatic heterocycles. The van der Waals surface area contributed by atoms with Crippen molar-refractivity contribution in [1.29, 1.82) is 10.5 Å². The maximum absolute atomic E-state index is 8.85. The zero-order valence-corrected chi connectivity index (χ0v) is 8.66. The Bertz CT molecular complexity index is 569. The van der Waals surface area contributed by atoms with E-state index in [0.29, 0.717) is 11.5 Å². The van der Waals surface area contributed by atoms with Crippen LogP contribution in [0.1, 0.15) is 11.4 Å². The molecular formula is C12H6N4O. The molecule has 0 aromatic carbocycles. The second-order valence-electron chi connectivity index (χ2n) is 3.03. The Balaban J connectivity index is 2.40. The number of pyridine rings is 2. The molecule has 2 heterocycles. The average molecular weight is 222 g/mol. The highest BCUT2D eigenvalue weighted by atomic mass is 16.5. The smallest absolute Gasteiger partial charge is 0.183 e. The maximum Gasteiger partial charge on any atom is 0.183 e. The second-order valence-corrected chi connectivity index (χ2v) is 3.03. The van der Waals surface area contributed by atoms with Crippen molar-refractivity contribution in [2.45, 2.75) is 0 Å². The fourth-order valence-corrected chi connectivity index (χ4v) is 1.23. The van der Waals surface area contributed by atoms with E-state index in [2.05, 4.69) is 9.97 Å². The summed E-state index contributed by atoms with van der Waals surface area (Å²) in [5, 5.41) is 17.7. The predicted molar refractivity (Wildman–Crippen MR) is 58.0 cm³/mol. The van der Waals surface area contributed by atoms with E-state index in [1.807, 2.05) is 12.1 Å². The van der Waals surface area contributed by atoms with Crippen LogP contribution in [0.25, 0.3) is 0 Å². The van der Waals surface area contributed by atoms with Gasteiger partial charge in [0.25, 0.3) is 0 Å². The first-order chi connectivity index (χ1) is 8.35. The molecule has 0 saturated carbocycles. The first-order valence-electron chi connectivity index (χ1n) is 4.73. The quantitative estimate of drug-likeness (QED) is 0.776. The molecule has 0 spiro atoms. The lowest BCUT2D eigenvalue weighted by Crippen LogP contribution is -1.94. The van der Waals surface area contributed by atoms with Crippen molar-refractivity contribution in [2.75, 3.05) is 0 Å². The van der Waals surface area contributed by atoms with Crippen molar-refractivity contribution in [1.82, 2.24) is 9.97 Å². The van der Waals surface area contributed by atoms with E-state index in [9.17, 15) is 0 Å². The van der Waals surface area contributed by atoms with E-state index in [0.717, 1.165) is 0 Å². The van der Waals surface area contributed by atoms with Gasteiger partial charge < -0.3 is 4.74 Å². The molecule has 0 bridgehead atoms.